The molecular weight excluding hydrogens is 514 g/mol. The number of amides is 2. The fourth-order valence-corrected chi connectivity index (χ4v) is 9.82. The van der Waals surface area contributed by atoms with Gasteiger partial charge in [0.05, 0.1) is 12.3 Å². The van der Waals surface area contributed by atoms with Crippen LogP contribution in [0.3, 0.4) is 0 Å². The van der Waals surface area contributed by atoms with Gasteiger partial charge in [0.15, 0.2) is 0 Å². The zero-order valence-electron chi connectivity index (χ0n) is 23.3. The van der Waals surface area contributed by atoms with E-state index in [4.69, 9.17) is 4.74 Å². The van der Waals surface area contributed by atoms with Crippen LogP contribution in [-0.2, 0) is 26.2 Å². The lowest BCUT2D eigenvalue weighted by molar-refractivity contribution is -0.120. The van der Waals surface area contributed by atoms with Crippen molar-refractivity contribution in [1.29, 1.82) is 0 Å². The number of carbonyl (C=O) groups excluding carboxylic acids is 2. The second kappa shape index (κ2) is 9.93. The molecule has 3 fully saturated rings. The van der Waals surface area contributed by atoms with Crippen molar-refractivity contribution < 1.29 is 22.7 Å². The maximum Gasteiger partial charge on any atom is 0.407 e. The summed E-state index contributed by atoms with van der Waals surface area (Å²) in [6.07, 6.45) is 1.76. The zero-order chi connectivity index (χ0) is 28.1. The van der Waals surface area contributed by atoms with Crippen LogP contribution in [0, 0.1) is 23.7 Å². The van der Waals surface area contributed by atoms with Crippen LogP contribution in [0.1, 0.15) is 51.2 Å². The minimum atomic E-state index is -3.80. The number of rotatable bonds is 7. The van der Waals surface area contributed by atoms with Crippen LogP contribution >= 0.6 is 0 Å². The molecular formula is C30H39N3O5S. The molecule has 1 aliphatic heterocycles. The minimum Gasteiger partial charge on any atom is -0.445 e. The van der Waals surface area contributed by atoms with Crippen molar-refractivity contribution in [2.24, 2.45) is 16.7 Å². The van der Waals surface area contributed by atoms with Crippen LogP contribution < -0.4 is 10.2 Å². The summed E-state index contributed by atoms with van der Waals surface area (Å²) >= 11 is 0. The summed E-state index contributed by atoms with van der Waals surface area (Å²) in [6, 6.07) is 17.1. The number of alkyl carbamates (subject to hydrolysis) is 1. The molecule has 2 aliphatic carbocycles. The second-order valence-electron chi connectivity index (χ2n) is 12.2. The van der Waals surface area contributed by atoms with E-state index < -0.39 is 27.1 Å². The Morgan fingerprint density at radius 2 is 1.74 bits per heavy atom. The Morgan fingerprint density at radius 1 is 1.05 bits per heavy atom. The monoisotopic (exact) mass is 553 g/mol. The molecule has 2 saturated carbocycles. The summed E-state index contributed by atoms with van der Waals surface area (Å²) in [7, 11) is -3.80. The average Bonchev–Trinajstić information content (AvgIpc) is 3.21. The molecule has 2 amide bonds. The van der Waals surface area contributed by atoms with E-state index >= 15 is 0 Å². The van der Waals surface area contributed by atoms with Gasteiger partial charge in [-0.15, -0.1) is 0 Å². The standard InChI is InChI=1S/C30H39N3O5S/c1-22-10-8-9-13-25(22)33-17-16-32(19-26(33)34)39(36,37)21-30-15-14-24(28(30,2)3)18-29(30,4)31-27(35)38-20-23-11-6-5-7-12-23/h5-13,24H,14-21H2,1-4H3,(H,31,35)/t24-,29-,30+/m0/s1. The summed E-state index contributed by atoms with van der Waals surface area (Å²) in [5.41, 5.74) is 0.928. The van der Waals surface area contributed by atoms with Gasteiger partial charge >= 0.3 is 6.09 Å². The van der Waals surface area contributed by atoms with Crippen molar-refractivity contribution in [3.8, 4) is 0 Å². The number of nitrogens with zero attached hydrogens (tertiary/aromatic N) is 2. The number of aryl methyl sites for hydroxylation is 1. The maximum atomic E-state index is 14.0. The number of hydrogen-bond donors (Lipinski definition) is 1. The van der Waals surface area contributed by atoms with Crippen molar-refractivity contribution in [2.45, 2.75) is 59.1 Å². The number of ether oxygens (including phenoxy) is 1. The Balaban J connectivity index is 1.33. The number of nitrogens with one attached hydrogen (secondary N) is 1. The summed E-state index contributed by atoms with van der Waals surface area (Å²) in [4.78, 5) is 27.8. The third-order valence-corrected chi connectivity index (χ3v) is 11.8. The lowest BCUT2D eigenvalue weighted by Gasteiger charge is -2.49. The van der Waals surface area contributed by atoms with E-state index in [1.807, 2.05) is 68.4 Å². The summed E-state index contributed by atoms with van der Waals surface area (Å²) < 4.78 is 34.8. The Bertz CT molecular complexity index is 1360. The first kappa shape index (κ1) is 27.6. The number of sulfonamides is 1. The van der Waals surface area contributed by atoms with Gasteiger partial charge in [0.25, 0.3) is 0 Å². The molecule has 0 aromatic heterocycles. The molecule has 2 aromatic carbocycles. The molecule has 1 heterocycles. The Hall–Kier alpha value is -2.91. The number of carbonyl (C=O) groups is 2. The van der Waals surface area contributed by atoms with Gasteiger partial charge in [0, 0.05) is 29.7 Å². The highest BCUT2D eigenvalue weighted by molar-refractivity contribution is 7.89. The van der Waals surface area contributed by atoms with Gasteiger partial charge in [-0.25, -0.2) is 13.2 Å². The highest BCUT2D eigenvalue weighted by Crippen LogP contribution is 2.70. The van der Waals surface area contributed by atoms with Crippen LogP contribution in [0.4, 0.5) is 10.5 Å². The van der Waals surface area contributed by atoms with Crippen LogP contribution in [0.5, 0.6) is 0 Å². The largest absolute Gasteiger partial charge is 0.445 e. The molecule has 1 saturated heterocycles. The van der Waals surface area contributed by atoms with Crippen molar-refractivity contribution >= 4 is 27.7 Å². The SMILES string of the molecule is Cc1ccccc1N1CCN(S(=O)(=O)C[C@@]23CC[C@@H](C[C@]2(C)NC(=O)OCc2ccccc2)C3(C)C)CC1=O. The molecule has 2 aromatic rings. The van der Waals surface area contributed by atoms with Crippen LogP contribution in [-0.4, -0.2) is 55.6 Å². The third-order valence-electron chi connectivity index (χ3n) is 9.89. The van der Waals surface area contributed by atoms with Gasteiger partial charge in [-0.1, -0.05) is 62.4 Å². The molecule has 3 aliphatic rings. The summed E-state index contributed by atoms with van der Waals surface area (Å²) in [6.45, 7) is 8.69. The summed E-state index contributed by atoms with van der Waals surface area (Å²) in [5, 5.41) is 3.10. The smallest absolute Gasteiger partial charge is 0.407 e. The lowest BCUT2D eigenvalue weighted by atomic mass is 9.63. The predicted octanol–water partition coefficient (Wildman–Crippen LogP) is 4.48. The summed E-state index contributed by atoms with van der Waals surface area (Å²) in [5.74, 6) is -0.0555. The highest BCUT2D eigenvalue weighted by Gasteiger charge is 2.71. The van der Waals surface area contributed by atoms with E-state index in [0.29, 0.717) is 19.4 Å². The number of hydrogen-bond acceptors (Lipinski definition) is 5. The minimum absolute atomic E-state index is 0.114. The van der Waals surface area contributed by atoms with E-state index in [2.05, 4.69) is 19.2 Å². The molecule has 8 nitrogen and oxygen atoms in total. The maximum absolute atomic E-state index is 14.0. The molecule has 3 atom stereocenters. The van der Waals surface area contributed by atoms with Gasteiger partial charge in [-0.05, 0) is 61.6 Å². The Morgan fingerprint density at radius 3 is 2.41 bits per heavy atom. The highest BCUT2D eigenvalue weighted by atomic mass is 32.2. The number of piperazine rings is 1. The van der Waals surface area contributed by atoms with Crippen LogP contribution in [0.15, 0.2) is 54.6 Å². The first-order chi connectivity index (χ1) is 18.4. The van der Waals surface area contributed by atoms with Gasteiger partial charge in [-0.3, -0.25) is 4.79 Å². The molecule has 9 heteroatoms. The fraction of sp³-hybridized carbons (Fsp3) is 0.533. The lowest BCUT2D eigenvalue weighted by Crippen LogP contribution is -2.62. The quantitative estimate of drug-likeness (QED) is 0.545. The zero-order valence-corrected chi connectivity index (χ0v) is 24.1. The predicted molar refractivity (Wildman–Crippen MR) is 151 cm³/mol. The van der Waals surface area contributed by atoms with Crippen molar-refractivity contribution in [1.82, 2.24) is 9.62 Å². The molecule has 210 valence electrons. The van der Waals surface area contributed by atoms with E-state index in [1.165, 1.54) is 4.31 Å². The average molecular weight is 554 g/mol. The molecule has 1 N–H and O–H groups in total. The van der Waals surface area contributed by atoms with E-state index in [1.54, 1.807) is 4.90 Å². The first-order valence-corrected chi connectivity index (χ1v) is 15.3. The topological polar surface area (TPSA) is 96.0 Å². The van der Waals surface area contributed by atoms with Crippen molar-refractivity contribution in [3.05, 3.63) is 65.7 Å². The molecule has 0 radical (unpaired) electrons. The molecule has 0 unspecified atom stereocenters. The number of benzene rings is 2. The van der Waals surface area contributed by atoms with E-state index in [9.17, 15) is 18.0 Å². The van der Waals surface area contributed by atoms with Crippen LogP contribution in [0.25, 0.3) is 0 Å². The normalized spacial score (nSPS) is 28.5. The van der Waals surface area contributed by atoms with E-state index in [0.717, 1.165) is 23.2 Å². The molecule has 5 rings (SSSR count). The molecule has 39 heavy (non-hydrogen) atoms. The first-order valence-electron chi connectivity index (χ1n) is 13.7. The Labute approximate surface area is 231 Å². The molecule has 0 spiro atoms. The number of para-hydroxylation sites is 1. The van der Waals surface area contributed by atoms with Gasteiger partial charge in [0.1, 0.15) is 6.61 Å². The van der Waals surface area contributed by atoms with E-state index in [-0.39, 0.29) is 42.7 Å². The Kier molecular flexibility index (Phi) is 7.04. The van der Waals surface area contributed by atoms with Gasteiger partial charge in [-0.2, -0.15) is 4.31 Å². The number of fused-ring (bicyclic) bond motifs is 2. The van der Waals surface area contributed by atoms with Crippen molar-refractivity contribution in [2.75, 3.05) is 30.3 Å². The third kappa shape index (κ3) is 4.73. The van der Waals surface area contributed by atoms with Crippen molar-refractivity contribution in [3.63, 3.8) is 0 Å². The number of anilines is 1. The van der Waals surface area contributed by atoms with Gasteiger partial charge in [0.2, 0.25) is 15.9 Å². The molecule has 2 bridgehead atoms. The second-order valence-corrected chi connectivity index (χ2v) is 14.2. The van der Waals surface area contributed by atoms with Crippen LogP contribution in [0.2, 0.25) is 0 Å². The fourth-order valence-electron chi connectivity index (χ4n) is 7.51. The van der Waals surface area contributed by atoms with Gasteiger partial charge < -0.3 is 15.0 Å².